The van der Waals surface area contributed by atoms with Crippen LogP contribution in [-0.4, -0.2) is 31.7 Å². The van der Waals surface area contributed by atoms with Gasteiger partial charge in [0.2, 0.25) is 0 Å². The van der Waals surface area contributed by atoms with Gasteiger partial charge in [0.1, 0.15) is 0 Å². The highest BCUT2D eigenvalue weighted by Crippen LogP contribution is 2.41. The van der Waals surface area contributed by atoms with Crippen LogP contribution in [0.1, 0.15) is 30.5 Å². The van der Waals surface area contributed by atoms with Gasteiger partial charge in [-0.05, 0) is 23.8 Å². The zero-order valence-electron chi connectivity index (χ0n) is 14.8. The lowest BCUT2D eigenvalue weighted by atomic mass is 9.94. The molecule has 1 atom stereocenters. The first-order valence-electron chi connectivity index (χ1n) is 8.84. The molecular formula is C21H19N3O3. The van der Waals surface area contributed by atoms with Gasteiger partial charge in [0, 0.05) is 48.0 Å². The molecule has 1 aromatic carbocycles. The van der Waals surface area contributed by atoms with Crippen molar-refractivity contribution in [2.24, 2.45) is 0 Å². The maximum absolute atomic E-state index is 12.8. The van der Waals surface area contributed by atoms with E-state index in [1.165, 1.54) is 0 Å². The quantitative estimate of drug-likeness (QED) is 0.729. The fourth-order valence-electron chi connectivity index (χ4n) is 3.62. The van der Waals surface area contributed by atoms with E-state index in [0.29, 0.717) is 0 Å². The van der Waals surface area contributed by atoms with E-state index in [2.05, 4.69) is 9.97 Å². The highest BCUT2D eigenvalue weighted by atomic mass is 16.3. The average Bonchev–Trinajstić information content (AvgIpc) is 3.22. The standard InChI is InChI=1S/C21H19N3O3/c1-2-17(25)18-19(15-11-23-16-6-4-3-5-14(15)16)24(21(27)20(18)26)12-13-7-9-22-10-8-13/h3-11,19,23,26H,2,12H2,1H3. The number of aromatic amines is 1. The fraction of sp³-hybridized carbons (Fsp3) is 0.190. The molecule has 4 rings (SSSR count). The van der Waals surface area contributed by atoms with Crippen molar-refractivity contribution in [2.75, 3.05) is 0 Å². The van der Waals surface area contributed by atoms with E-state index in [1.54, 1.807) is 24.2 Å². The molecule has 0 saturated carbocycles. The van der Waals surface area contributed by atoms with E-state index in [4.69, 9.17) is 0 Å². The highest BCUT2D eigenvalue weighted by Gasteiger charge is 2.43. The highest BCUT2D eigenvalue weighted by molar-refractivity contribution is 6.09. The number of fused-ring (bicyclic) bond motifs is 1. The minimum Gasteiger partial charge on any atom is -0.503 e. The number of para-hydroxylation sites is 1. The third kappa shape index (κ3) is 2.79. The summed E-state index contributed by atoms with van der Waals surface area (Å²) in [5.74, 6) is -1.21. The van der Waals surface area contributed by atoms with Crippen molar-refractivity contribution in [3.63, 3.8) is 0 Å². The zero-order chi connectivity index (χ0) is 19.0. The zero-order valence-corrected chi connectivity index (χ0v) is 14.8. The van der Waals surface area contributed by atoms with E-state index in [1.807, 2.05) is 42.6 Å². The fourth-order valence-corrected chi connectivity index (χ4v) is 3.62. The molecule has 6 nitrogen and oxygen atoms in total. The number of rotatable bonds is 5. The number of nitrogens with one attached hydrogen (secondary N) is 1. The number of aliphatic hydroxyl groups is 1. The number of ketones is 1. The largest absolute Gasteiger partial charge is 0.503 e. The normalized spacial score (nSPS) is 17.1. The number of amides is 1. The van der Waals surface area contributed by atoms with Gasteiger partial charge in [0.25, 0.3) is 5.91 Å². The first-order valence-corrected chi connectivity index (χ1v) is 8.84. The molecule has 1 unspecified atom stereocenters. The molecule has 136 valence electrons. The molecule has 1 aliphatic rings. The Morgan fingerprint density at radius 1 is 1.22 bits per heavy atom. The average molecular weight is 361 g/mol. The number of aromatic nitrogens is 2. The van der Waals surface area contributed by atoms with Gasteiger partial charge in [0.05, 0.1) is 11.6 Å². The van der Waals surface area contributed by atoms with Gasteiger partial charge in [-0.15, -0.1) is 0 Å². The maximum Gasteiger partial charge on any atom is 0.290 e. The molecule has 1 aliphatic heterocycles. The molecule has 0 aliphatic carbocycles. The van der Waals surface area contributed by atoms with Crippen LogP contribution in [-0.2, 0) is 16.1 Å². The number of hydrogen-bond donors (Lipinski definition) is 2. The molecule has 2 aromatic heterocycles. The van der Waals surface area contributed by atoms with Crippen LogP contribution < -0.4 is 0 Å². The number of benzene rings is 1. The van der Waals surface area contributed by atoms with Crippen LogP contribution >= 0.6 is 0 Å². The predicted molar refractivity (Wildman–Crippen MR) is 101 cm³/mol. The number of aliphatic hydroxyl groups excluding tert-OH is 1. The molecule has 3 aromatic rings. The number of pyridine rings is 1. The lowest BCUT2D eigenvalue weighted by molar-refractivity contribution is -0.130. The number of carbonyl (C=O) groups is 2. The minimum atomic E-state index is -0.630. The minimum absolute atomic E-state index is 0.168. The van der Waals surface area contributed by atoms with Crippen LogP contribution in [0.5, 0.6) is 0 Å². The molecule has 0 radical (unpaired) electrons. The molecule has 3 heterocycles. The summed E-state index contributed by atoms with van der Waals surface area (Å²) in [5.41, 5.74) is 2.76. The first kappa shape index (κ1) is 17.0. The van der Waals surface area contributed by atoms with E-state index in [9.17, 15) is 14.7 Å². The summed E-state index contributed by atoms with van der Waals surface area (Å²) in [6.07, 6.45) is 5.34. The summed E-state index contributed by atoms with van der Waals surface area (Å²) in [7, 11) is 0. The van der Waals surface area contributed by atoms with Crippen LogP contribution in [0.4, 0.5) is 0 Å². The summed E-state index contributed by atoms with van der Waals surface area (Å²) in [6, 6.07) is 10.7. The van der Waals surface area contributed by atoms with Gasteiger partial charge in [-0.1, -0.05) is 25.1 Å². The summed E-state index contributed by atoms with van der Waals surface area (Å²) >= 11 is 0. The molecule has 2 N–H and O–H groups in total. The van der Waals surface area contributed by atoms with Gasteiger partial charge < -0.3 is 15.0 Å². The van der Waals surface area contributed by atoms with Gasteiger partial charge in [-0.25, -0.2) is 0 Å². The van der Waals surface area contributed by atoms with Crippen molar-refractivity contribution in [3.8, 4) is 0 Å². The number of nitrogens with zero attached hydrogens (tertiary/aromatic N) is 2. The number of carbonyl (C=O) groups excluding carboxylic acids is 2. The number of H-pyrrole nitrogens is 1. The van der Waals surface area contributed by atoms with Crippen LogP contribution in [0.3, 0.4) is 0 Å². The SMILES string of the molecule is CCC(=O)C1=C(O)C(=O)N(Cc2ccncc2)C1c1c[nH]c2ccccc12. The monoisotopic (exact) mass is 361 g/mol. The molecule has 0 bridgehead atoms. The topological polar surface area (TPSA) is 86.3 Å². The second-order valence-electron chi connectivity index (χ2n) is 6.52. The van der Waals surface area contributed by atoms with Gasteiger partial charge in [-0.2, -0.15) is 0 Å². The Morgan fingerprint density at radius 2 is 1.96 bits per heavy atom. The van der Waals surface area contributed by atoms with Crippen molar-refractivity contribution >= 4 is 22.6 Å². The molecule has 27 heavy (non-hydrogen) atoms. The Labute approximate surface area is 156 Å². The van der Waals surface area contributed by atoms with Crippen molar-refractivity contribution in [3.05, 3.63) is 77.4 Å². The molecular weight excluding hydrogens is 342 g/mol. The van der Waals surface area contributed by atoms with Crippen LogP contribution in [0.2, 0.25) is 0 Å². The predicted octanol–water partition coefficient (Wildman–Crippen LogP) is 3.44. The smallest absolute Gasteiger partial charge is 0.290 e. The van der Waals surface area contributed by atoms with Crippen LogP contribution in [0.25, 0.3) is 10.9 Å². The molecule has 0 spiro atoms. The third-order valence-electron chi connectivity index (χ3n) is 4.94. The van der Waals surface area contributed by atoms with E-state index in [-0.39, 0.29) is 24.3 Å². The molecule has 1 amide bonds. The summed E-state index contributed by atoms with van der Waals surface area (Å²) < 4.78 is 0. The van der Waals surface area contributed by atoms with Crippen molar-refractivity contribution < 1.29 is 14.7 Å². The van der Waals surface area contributed by atoms with Gasteiger partial charge >= 0.3 is 0 Å². The van der Waals surface area contributed by atoms with Gasteiger partial charge in [-0.3, -0.25) is 14.6 Å². The Hall–Kier alpha value is -3.41. The second kappa shape index (κ2) is 6.72. The Morgan fingerprint density at radius 3 is 2.70 bits per heavy atom. The van der Waals surface area contributed by atoms with Crippen molar-refractivity contribution in [1.29, 1.82) is 0 Å². The molecule has 0 fully saturated rings. The van der Waals surface area contributed by atoms with E-state index in [0.717, 1.165) is 22.0 Å². The molecule has 0 saturated heterocycles. The lowest BCUT2D eigenvalue weighted by Gasteiger charge is -2.26. The summed E-state index contributed by atoms with van der Waals surface area (Å²) in [4.78, 5) is 34.2. The molecule has 6 heteroatoms. The number of hydrogen-bond acceptors (Lipinski definition) is 4. The van der Waals surface area contributed by atoms with E-state index < -0.39 is 17.7 Å². The first-order chi connectivity index (χ1) is 13.1. The lowest BCUT2D eigenvalue weighted by Crippen LogP contribution is -2.30. The maximum atomic E-state index is 12.8. The van der Waals surface area contributed by atoms with Crippen LogP contribution in [0.15, 0.2) is 66.3 Å². The van der Waals surface area contributed by atoms with E-state index >= 15 is 0 Å². The Bertz CT molecular complexity index is 1050. The van der Waals surface area contributed by atoms with Crippen molar-refractivity contribution in [1.82, 2.24) is 14.9 Å². The number of Topliss-reactive ketones (excluding diaryl/α,β-unsaturated/α-hetero) is 1. The van der Waals surface area contributed by atoms with Crippen molar-refractivity contribution in [2.45, 2.75) is 25.9 Å². The summed E-state index contributed by atoms with van der Waals surface area (Å²) in [6.45, 7) is 2.00. The summed E-state index contributed by atoms with van der Waals surface area (Å²) in [5, 5.41) is 11.4. The Balaban J connectivity index is 1.85. The van der Waals surface area contributed by atoms with Gasteiger partial charge in [0.15, 0.2) is 11.5 Å². The third-order valence-corrected chi connectivity index (χ3v) is 4.94. The van der Waals surface area contributed by atoms with Crippen LogP contribution in [0, 0.1) is 0 Å². The Kier molecular flexibility index (Phi) is 4.24. The second-order valence-corrected chi connectivity index (χ2v) is 6.52.